The van der Waals surface area contributed by atoms with Crippen molar-refractivity contribution >= 4 is 23.3 Å². The number of carboxylic acid groups (broad SMARTS) is 1. The molecule has 0 amide bonds. The summed E-state index contributed by atoms with van der Waals surface area (Å²) in [6.07, 6.45) is 0.705. The molecule has 0 spiro atoms. The number of carbonyl (C=O) groups is 4. The van der Waals surface area contributed by atoms with Crippen LogP contribution in [0.3, 0.4) is 0 Å². The van der Waals surface area contributed by atoms with Gasteiger partial charge in [-0.25, -0.2) is 0 Å². The summed E-state index contributed by atoms with van der Waals surface area (Å²) in [5.41, 5.74) is -1.60. The Balaban J connectivity index is 4.98. The number of ketones is 3. The Bertz CT molecular complexity index is 334. The highest BCUT2D eigenvalue weighted by atomic mass is 16.4. The van der Waals surface area contributed by atoms with Crippen molar-refractivity contribution in [2.24, 2.45) is 5.41 Å². The predicted octanol–water partition coefficient (Wildman–Crippen LogP) is 2.17. The Hall–Kier alpha value is -1.52. The molecule has 0 saturated heterocycles. The maximum Gasteiger partial charge on any atom is 0.317 e. The second-order valence-electron chi connectivity index (χ2n) is 4.73. The summed E-state index contributed by atoms with van der Waals surface area (Å²) in [4.78, 5) is 45.8. The molecule has 1 N–H and O–H groups in total. The first kappa shape index (κ1) is 17.5. The van der Waals surface area contributed by atoms with Crippen molar-refractivity contribution in [3.05, 3.63) is 0 Å². The third kappa shape index (κ3) is 4.93. The van der Waals surface area contributed by atoms with E-state index in [0.717, 1.165) is 0 Å². The standard InChI is InChI=1S/C14H22O5/c1-4-11(16)6-8-14(10(3)15,13(18)19)9-7-12(17)5-2/h4-9H2,1-3H3,(H,18,19). The summed E-state index contributed by atoms with van der Waals surface area (Å²) < 4.78 is 0. The van der Waals surface area contributed by atoms with Gasteiger partial charge in [0.05, 0.1) is 0 Å². The molecule has 0 aliphatic rings. The lowest BCUT2D eigenvalue weighted by Crippen LogP contribution is -2.39. The van der Waals surface area contributed by atoms with E-state index in [4.69, 9.17) is 0 Å². The molecular weight excluding hydrogens is 248 g/mol. The third-order valence-corrected chi connectivity index (χ3v) is 3.53. The molecule has 0 rings (SSSR count). The van der Waals surface area contributed by atoms with Gasteiger partial charge in [0.1, 0.15) is 22.8 Å². The number of hydrogen-bond acceptors (Lipinski definition) is 4. The van der Waals surface area contributed by atoms with Crippen LogP contribution in [0.5, 0.6) is 0 Å². The third-order valence-electron chi connectivity index (χ3n) is 3.53. The fourth-order valence-electron chi connectivity index (χ4n) is 1.90. The maximum atomic E-state index is 11.7. The van der Waals surface area contributed by atoms with E-state index in [0.29, 0.717) is 12.8 Å². The van der Waals surface area contributed by atoms with Gasteiger partial charge in [0.2, 0.25) is 0 Å². The molecule has 5 heteroatoms. The van der Waals surface area contributed by atoms with Crippen molar-refractivity contribution < 1.29 is 24.3 Å². The highest BCUT2D eigenvalue weighted by Crippen LogP contribution is 2.32. The van der Waals surface area contributed by atoms with E-state index >= 15 is 0 Å². The molecule has 0 aromatic heterocycles. The first-order chi connectivity index (χ1) is 8.80. The van der Waals surface area contributed by atoms with Gasteiger partial charge in [-0.2, -0.15) is 0 Å². The van der Waals surface area contributed by atoms with Crippen molar-refractivity contribution in [1.29, 1.82) is 0 Å². The molecule has 0 fully saturated rings. The number of rotatable bonds is 10. The number of aliphatic carboxylic acids is 1. The zero-order chi connectivity index (χ0) is 15.1. The number of carboxylic acids is 1. The lowest BCUT2D eigenvalue weighted by Gasteiger charge is -2.26. The summed E-state index contributed by atoms with van der Waals surface area (Å²) in [5.74, 6) is -1.89. The second-order valence-corrected chi connectivity index (χ2v) is 4.73. The van der Waals surface area contributed by atoms with E-state index in [1.54, 1.807) is 13.8 Å². The smallest absolute Gasteiger partial charge is 0.317 e. The molecule has 19 heavy (non-hydrogen) atoms. The van der Waals surface area contributed by atoms with Crippen LogP contribution in [0.25, 0.3) is 0 Å². The van der Waals surface area contributed by atoms with Crippen molar-refractivity contribution in [3.63, 3.8) is 0 Å². The van der Waals surface area contributed by atoms with E-state index in [1.807, 2.05) is 0 Å². The van der Waals surface area contributed by atoms with Gasteiger partial charge in [-0.1, -0.05) is 13.8 Å². The van der Waals surface area contributed by atoms with Gasteiger partial charge < -0.3 is 5.11 Å². The minimum Gasteiger partial charge on any atom is -0.480 e. The summed E-state index contributed by atoms with van der Waals surface area (Å²) in [6.45, 7) is 4.60. The van der Waals surface area contributed by atoms with E-state index in [-0.39, 0.29) is 37.2 Å². The Kier molecular flexibility index (Phi) is 7.19. The quantitative estimate of drug-likeness (QED) is 0.614. The normalized spacial score (nSPS) is 11.1. The molecule has 0 aliphatic heterocycles. The first-order valence-electron chi connectivity index (χ1n) is 6.58. The van der Waals surface area contributed by atoms with Gasteiger partial charge in [-0.15, -0.1) is 0 Å². The largest absolute Gasteiger partial charge is 0.480 e. The number of Topliss-reactive ketones (excluding diaryl/α,β-unsaturated/α-hetero) is 3. The molecule has 0 aromatic rings. The topological polar surface area (TPSA) is 88.5 Å². The van der Waals surface area contributed by atoms with E-state index in [1.165, 1.54) is 6.92 Å². The van der Waals surface area contributed by atoms with Crippen LogP contribution < -0.4 is 0 Å². The van der Waals surface area contributed by atoms with E-state index < -0.39 is 17.2 Å². The molecule has 5 nitrogen and oxygen atoms in total. The lowest BCUT2D eigenvalue weighted by atomic mass is 9.74. The van der Waals surface area contributed by atoms with Crippen molar-refractivity contribution in [2.45, 2.75) is 59.3 Å². The average molecular weight is 270 g/mol. The van der Waals surface area contributed by atoms with Crippen molar-refractivity contribution in [1.82, 2.24) is 0 Å². The summed E-state index contributed by atoms with van der Waals surface area (Å²) >= 11 is 0. The van der Waals surface area contributed by atoms with E-state index in [9.17, 15) is 24.3 Å². The van der Waals surface area contributed by atoms with Crippen LogP contribution in [0.4, 0.5) is 0 Å². The molecule has 0 aromatic carbocycles. The van der Waals surface area contributed by atoms with Crippen molar-refractivity contribution in [2.75, 3.05) is 0 Å². The molecule has 108 valence electrons. The Morgan fingerprint density at radius 2 is 1.26 bits per heavy atom. The Morgan fingerprint density at radius 1 is 0.895 bits per heavy atom. The van der Waals surface area contributed by atoms with Crippen LogP contribution in [0.2, 0.25) is 0 Å². The van der Waals surface area contributed by atoms with Crippen LogP contribution in [-0.4, -0.2) is 28.4 Å². The van der Waals surface area contributed by atoms with Gasteiger partial charge in [-0.3, -0.25) is 19.2 Å². The molecular formula is C14H22O5. The lowest BCUT2D eigenvalue weighted by molar-refractivity contribution is -0.155. The SMILES string of the molecule is CCC(=O)CCC(CCC(=O)CC)(C(C)=O)C(=O)O. The molecule has 0 saturated carbocycles. The van der Waals surface area contributed by atoms with Gasteiger partial charge in [0.25, 0.3) is 0 Å². The molecule has 0 heterocycles. The fourth-order valence-corrected chi connectivity index (χ4v) is 1.90. The highest BCUT2D eigenvalue weighted by Gasteiger charge is 2.43. The zero-order valence-electron chi connectivity index (χ0n) is 11.8. The van der Waals surface area contributed by atoms with Gasteiger partial charge in [-0.05, 0) is 19.8 Å². The maximum absolute atomic E-state index is 11.7. The highest BCUT2D eigenvalue weighted by molar-refractivity contribution is 6.02. The summed E-state index contributed by atoms with van der Waals surface area (Å²) in [7, 11) is 0. The molecule has 0 radical (unpaired) electrons. The predicted molar refractivity (Wildman–Crippen MR) is 69.8 cm³/mol. The second kappa shape index (κ2) is 7.81. The average Bonchev–Trinajstić information content (AvgIpc) is 2.37. The molecule has 0 unspecified atom stereocenters. The van der Waals surface area contributed by atoms with Crippen LogP contribution >= 0.6 is 0 Å². The van der Waals surface area contributed by atoms with Crippen LogP contribution in [0, 0.1) is 5.41 Å². The molecule has 0 atom stereocenters. The van der Waals surface area contributed by atoms with E-state index in [2.05, 4.69) is 0 Å². The monoisotopic (exact) mass is 270 g/mol. The number of hydrogen-bond donors (Lipinski definition) is 1. The van der Waals surface area contributed by atoms with Gasteiger partial charge in [0, 0.05) is 25.7 Å². The molecule has 0 aliphatic carbocycles. The van der Waals surface area contributed by atoms with Gasteiger partial charge in [0.15, 0.2) is 0 Å². The number of carbonyl (C=O) groups excluding carboxylic acids is 3. The van der Waals surface area contributed by atoms with Gasteiger partial charge >= 0.3 is 5.97 Å². The van der Waals surface area contributed by atoms with Crippen LogP contribution in [0.1, 0.15) is 59.3 Å². The fraction of sp³-hybridized carbons (Fsp3) is 0.714. The Labute approximate surface area is 113 Å². The van der Waals surface area contributed by atoms with Crippen molar-refractivity contribution in [3.8, 4) is 0 Å². The minimum atomic E-state index is -1.60. The van der Waals surface area contributed by atoms with Crippen LogP contribution in [0.15, 0.2) is 0 Å². The Morgan fingerprint density at radius 3 is 1.47 bits per heavy atom. The molecule has 0 bridgehead atoms. The first-order valence-corrected chi connectivity index (χ1v) is 6.58. The summed E-state index contributed by atoms with van der Waals surface area (Å²) in [6, 6.07) is 0. The zero-order valence-corrected chi connectivity index (χ0v) is 11.8. The minimum absolute atomic E-state index is 0.0265. The summed E-state index contributed by atoms with van der Waals surface area (Å²) in [5, 5.41) is 9.32. The van der Waals surface area contributed by atoms with Crippen LogP contribution in [-0.2, 0) is 19.2 Å².